The zero-order valence-corrected chi connectivity index (χ0v) is 15.7. The van der Waals surface area contributed by atoms with Crippen LogP contribution in [-0.2, 0) is 9.53 Å². The van der Waals surface area contributed by atoms with Crippen LogP contribution in [0.1, 0.15) is 32.1 Å². The first-order valence-electron chi connectivity index (χ1n) is 9.72. The number of para-hydroxylation sites is 1. The van der Waals surface area contributed by atoms with Gasteiger partial charge in [-0.3, -0.25) is 4.79 Å². The largest absolute Gasteiger partial charge is 0.487 e. The maximum Gasteiger partial charge on any atom is 0.306 e. The number of benzene rings is 1. The third-order valence-corrected chi connectivity index (χ3v) is 5.24. The van der Waals surface area contributed by atoms with E-state index in [-0.39, 0.29) is 18.3 Å². The average molecular weight is 392 g/mol. The zero-order chi connectivity index (χ0) is 20.0. The lowest BCUT2D eigenvalue weighted by atomic mass is 9.89. The summed E-state index contributed by atoms with van der Waals surface area (Å²) in [6.45, 7) is -0.778. The van der Waals surface area contributed by atoms with E-state index in [1.807, 2.05) is 12.2 Å². The molecular formula is C22H26F2O4. The fraction of sp³-hybridized carbons (Fsp3) is 0.500. The average Bonchev–Trinajstić information content (AvgIpc) is 2.96. The van der Waals surface area contributed by atoms with E-state index >= 15 is 0 Å². The predicted octanol–water partition coefficient (Wildman–Crippen LogP) is 4.30. The standard InChI is InChI=1S/C22H26F2O4/c23-22(24,15-27-16-8-4-3-5-9-16)13-12-17-18-10-6-1-2-7-11-21(26)28-20(18)14-19(17)25/h1,3-6,8-9,12-13,17-20,25H,2,7,10-11,14-15H2/b6-1?,13-12-/t17-,18-,19-,20+/m1/s1. The minimum Gasteiger partial charge on any atom is -0.487 e. The van der Waals surface area contributed by atoms with E-state index in [1.165, 1.54) is 6.08 Å². The highest BCUT2D eigenvalue weighted by Crippen LogP contribution is 2.39. The third-order valence-electron chi connectivity index (χ3n) is 5.24. The molecule has 0 spiro atoms. The van der Waals surface area contributed by atoms with Gasteiger partial charge < -0.3 is 14.6 Å². The van der Waals surface area contributed by atoms with Gasteiger partial charge in [0, 0.05) is 24.7 Å². The van der Waals surface area contributed by atoms with Gasteiger partial charge in [-0.15, -0.1) is 0 Å². The first-order valence-corrected chi connectivity index (χ1v) is 9.72. The maximum absolute atomic E-state index is 14.2. The third kappa shape index (κ3) is 5.64. The lowest BCUT2D eigenvalue weighted by Crippen LogP contribution is -2.27. The molecule has 0 aromatic heterocycles. The number of aliphatic hydroxyl groups excluding tert-OH is 1. The van der Waals surface area contributed by atoms with Gasteiger partial charge in [-0.1, -0.05) is 36.4 Å². The van der Waals surface area contributed by atoms with Crippen LogP contribution < -0.4 is 4.74 Å². The van der Waals surface area contributed by atoms with Crippen molar-refractivity contribution >= 4 is 5.97 Å². The molecule has 1 fully saturated rings. The van der Waals surface area contributed by atoms with Crippen LogP contribution in [0.4, 0.5) is 8.78 Å². The van der Waals surface area contributed by atoms with Crippen molar-refractivity contribution in [2.45, 2.75) is 50.2 Å². The first-order chi connectivity index (χ1) is 13.4. The Hall–Kier alpha value is -2.21. The number of alkyl halides is 2. The molecule has 152 valence electrons. The van der Waals surface area contributed by atoms with E-state index in [0.717, 1.165) is 18.9 Å². The second-order valence-electron chi connectivity index (χ2n) is 7.39. The molecule has 1 aliphatic heterocycles. The van der Waals surface area contributed by atoms with Gasteiger partial charge in [-0.05, 0) is 37.5 Å². The second kappa shape index (κ2) is 9.32. The summed E-state index contributed by atoms with van der Waals surface area (Å²) in [5.41, 5.74) is 0. The van der Waals surface area contributed by atoms with Gasteiger partial charge >= 0.3 is 5.97 Å². The highest BCUT2D eigenvalue weighted by Gasteiger charge is 2.43. The van der Waals surface area contributed by atoms with Crippen LogP contribution >= 0.6 is 0 Å². The van der Waals surface area contributed by atoms with E-state index in [4.69, 9.17) is 9.47 Å². The lowest BCUT2D eigenvalue weighted by Gasteiger charge is -2.23. The van der Waals surface area contributed by atoms with E-state index in [9.17, 15) is 18.7 Å². The summed E-state index contributed by atoms with van der Waals surface area (Å²) in [7, 11) is 0. The van der Waals surface area contributed by atoms with Gasteiger partial charge in [0.25, 0.3) is 5.92 Å². The minimum absolute atomic E-state index is 0.213. The Bertz CT molecular complexity index is 702. The molecule has 6 heteroatoms. The molecule has 0 unspecified atom stereocenters. The number of hydrogen-bond acceptors (Lipinski definition) is 4. The van der Waals surface area contributed by atoms with Crippen LogP contribution in [0.25, 0.3) is 0 Å². The highest BCUT2D eigenvalue weighted by molar-refractivity contribution is 5.69. The van der Waals surface area contributed by atoms with Crippen molar-refractivity contribution in [3.63, 3.8) is 0 Å². The minimum atomic E-state index is -3.17. The summed E-state index contributed by atoms with van der Waals surface area (Å²) < 4.78 is 39.2. The van der Waals surface area contributed by atoms with Crippen molar-refractivity contribution < 1.29 is 28.2 Å². The number of aliphatic hydroxyl groups is 1. The Balaban J connectivity index is 1.66. The number of carbonyl (C=O) groups is 1. The molecule has 1 aliphatic carbocycles. The molecule has 3 rings (SSSR count). The molecule has 4 nitrogen and oxygen atoms in total. The topological polar surface area (TPSA) is 55.8 Å². The Kier molecular flexibility index (Phi) is 6.83. The van der Waals surface area contributed by atoms with Crippen LogP contribution in [0.2, 0.25) is 0 Å². The maximum atomic E-state index is 14.2. The second-order valence-corrected chi connectivity index (χ2v) is 7.39. The Morgan fingerprint density at radius 3 is 2.82 bits per heavy atom. The molecule has 2 aliphatic rings. The van der Waals surface area contributed by atoms with Crippen molar-refractivity contribution in [1.29, 1.82) is 0 Å². The van der Waals surface area contributed by atoms with Crippen LogP contribution in [0, 0.1) is 11.8 Å². The van der Waals surface area contributed by atoms with Crippen LogP contribution in [0.3, 0.4) is 0 Å². The fourth-order valence-electron chi connectivity index (χ4n) is 3.78. The molecule has 1 heterocycles. The molecule has 0 radical (unpaired) electrons. The summed E-state index contributed by atoms with van der Waals surface area (Å²) >= 11 is 0. The molecule has 0 bridgehead atoms. The SMILES string of the molecule is O=C1CCCC=CC[C@@H]2[C@@H](/C=C\C(F)(F)COc3ccccc3)[C@H](O)C[C@@H]2O1. The predicted molar refractivity (Wildman–Crippen MR) is 101 cm³/mol. The van der Waals surface area contributed by atoms with Crippen molar-refractivity contribution in [2.75, 3.05) is 6.61 Å². The molecule has 1 aromatic carbocycles. The fourth-order valence-corrected chi connectivity index (χ4v) is 3.78. The summed E-state index contributed by atoms with van der Waals surface area (Å²) in [5.74, 6) is -3.79. The summed E-state index contributed by atoms with van der Waals surface area (Å²) in [6, 6.07) is 8.44. The van der Waals surface area contributed by atoms with Gasteiger partial charge in [0.2, 0.25) is 0 Å². The van der Waals surface area contributed by atoms with E-state index in [0.29, 0.717) is 18.6 Å². The van der Waals surface area contributed by atoms with Crippen LogP contribution in [-0.4, -0.2) is 35.8 Å². The summed E-state index contributed by atoms with van der Waals surface area (Å²) in [5, 5.41) is 10.4. The summed E-state index contributed by atoms with van der Waals surface area (Å²) in [4.78, 5) is 11.9. The Morgan fingerprint density at radius 1 is 1.25 bits per heavy atom. The van der Waals surface area contributed by atoms with Crippen molar-refractivity contribution in [3.8, 4) is 5.75 Å². The monoisotopic (exact) mass is 392 g/mol. The number of fused-ring (bicyclic) bond motifs is 1. The number of rotatable bonds is 5. The smallest absolute Gasteiger partial charge is 0.306 e. The number of halogens is 2. The zero-order valence-electron chi connectivity index (χ0n) is 15.7. The van der Waals surface area contributed by atoms with Gasteiger partial charge in [0.15, 0.2) is 6.61 Å². The van der Waals surface area contributed by atoms with Crippen LogP contribution in [0.15, 0.2) is 54.6 Å². The molecule has 0 saturated heterocycles. The van der Waals surface area contributed by atoms with Crippen molar-refractivity contribution in [2.24, 2.45) is 11.8 Å². The number of hydrogen-bond donors (Lipinski definition) is 1. The van der Waals surface area contributed by atoms with Gasteiger partial charge in [0.1, 0.15) is 11.9 Å². The molecular weight excluding hydrogens is 366 g/mol. The van der Waals surface area contributed by atoms with E-state index in [1.54, 1.807) is 30.3 Å². The first kappa shape index (κ1) is 20.5. The van der Waals surface area contributed by atoms with Crippen molar-refractivity contribution in [1.82, 2.24) is 0 Å². The molecule has 0 amide bonds. The quantitative estimate of drug-likeness (QED) is 0.600. The van der Waals surface area contributed by atoms with Gasteiger partial charge in [0.05, 0.1) is 6.10 Å². The molecule has 1 saturated carbocycles. The number of carbonyl (C=O) groups excluding carboxylic acids is 1. The lowest BCUT2D eigenvalue weighted by molar-refractivity contribution is -0.151. The number of esters is 1. The highest BCUT2D eigenvalue weighted by atomic mass is 19.3. The summed E-state index contributed by atoms with van der Waals surface area (Å²) in [6.07, 6.45) is 7.58. The normalized spacial score (nSPS) is 28.8. The Morgan fingerprint density at radius 2 is 2.04 bits per heavy atom. The van der Waals surface area contributed by atoms with Crippen molar-refractivity contribution in [3.05, 3.63) is 54.6 Å². The molecule has 1 N–H and O–H groups in total. The molecule has 4 atom stereocenters. The van der Waals surface area contributed by atoms with Crippen LogP contribution in [0.5, 0.6) is 5.75 Å². The molecule has 28 heavy (non-hydrogen) atoms. The van der Waals surface area contributed by atoms with E-state index in [2.05, 4.69) is 0 Å². The van der Waals surface area contributed by atoms with Gasteiger partial charge in [-0.2, -0.15) is 8.78 Å². The van der Waals surface area contributed by atoms with E-state index < -0.39 is 30.7 Å². The van der Waals surface area contributed by atoms with Gasteiger partial charge in [-0.25, -0.2) is 0 Å². The molecule has 1 aromatic rings. The number of allylic oxidation sites excluding steroid dienone is 2. The Labute approximate surface area is 163 Å². The number of ether oxygens (including phenoxy) is 2.